The summed E-state index contributed by atoms with van der Waals surface area (Å²) in [6, 6.07) is 32.8. The van der Waals surface area contributed by atoms with E-state index in [4.69, 9.17) is 4.43 Å². The molecule has 0 spiro atoms. The van der Waals surface area contributed by atoms with E-state index in [9.17, 15) is 0 Å². The fourth-order valence-electron chi connectivity index (χ4n) is 3.97. The van der Waals surface area contributed by atoms with Crippen molar-refractivity contribution in [2.45, 2.75) is 32.2 Å². The lowest BCUT2D eigenvalue weighted by Gasteiger charge is -2.44. The molecule has 0 aliphatic carbocycles. The highest BCUT2D eigenvalue weighted by molar-refractivity contribution is 14.1. The third-order valence-electron chi connectivity index (χ3n) is 5.28. The van der Waals surface area contributed by atoms with Gasteiger partial charge in [-0.1, -0.05) is 133 Å². The van der Waals surface area contributed by atoms with E-state index >= 15 is 0 Å². The van der Waals surface area contributed by atoms with Crippen molar-refractivity contribution in [1.82, 2.24) is 0 Å². The minimum Gasteiger partial charge on any atom is -0.404 e. The Morgan fingerprint density at radius 1 is 0.714 bits per heavy atom. The zero-order chi connectivity index (χ0) is 20.0. The summed E-state index contributed by atoms with van der Waals surface area (Å²) >= 11 is 2.48. The molecule has 0 radical (unpaired) electrons. The molecular formula is C24H29IOSi2. The molecule has 0 amide bonds. The second-order valence-corrected chi connectivity index (χ2v) is 23.1. The fraction of sp³-hybridized carbons (Fsp3) is 0.250. The third-order valence-corrected chi connectivity index (χ3v) is 19.4. The van der Waals surface area contributed by atoms with Crippen molar-refractivity contribution in [2.75, 3.05) is 4.43 Å². The molecule has 1 nitrogen and oxygen atoms in total. The molecular weight excluding hydrogens is 487 g/mol. The highest BCUT2D eigenvalue weighted by Crippen LogP contribution is 2.31. The molecule has 0 saturated heterocycles. The molecule has 0 aliphatic heterocycles. The molecule has 0 bridgehead atoms. The van der Waals surface area contributed by atoms with Crippen LogP contribution in [0, 0.1) is 0 Å². The number of hydrogen-bond donors (Lipinski definition) is 0. The van der Waals surface area contributed by atoms with Gasteiger partial charge in [-0.25, -0.2) is 0 Å². The van der Waals surface area contributed by atoms with Gasteiger partial charge >= 0.3 is 0 Å². The van der Waals surface area contributed by atoms with E-state index in [1.807, 2.05) is 0 Å². The van der Waals surface area contributed by atoms with E-state index < -0.39 is 15.4 Å². The summed E-state index contributed by atoms with van der Waals surface area (Å²) in [5.41, 5.74) is 1.29. The Bertz CT molecular complexity index is 809. The van der Waals surface area contributed by atoms with Crippen LogP contribution in [0.2, 0.25) is 19.6 Å². The first-order valence-electron chi connectivity index (χ1n) is 9.89. The van der Waals surface area contributed by atoms with Crippen LogP contribution < -0.4 is 10.4 Å². The first-order valence-corrected chi connectivity index (χ1v) is 17.8. The van der Waals surface area contributed by atoms with Gasteiger partial charge in [-0.05, 0) is 22.4 Å². The number of alkyl halides is 1. The number of benzene rings is 3. The van der Waals surface area contributed by atoms with E-state index in [1.165, 1.54) is 15.9 Å². The summed E-state index contributed by atoms with van der Waals surface area (Å²) in [6.45, 7) is 7.43. The van der Waals surface area contributed by atoms with Crippen LogP contribution in [0.3, 0.4) is 0 Å². The van der Waals surface area contributed by atoms with Crippen LogP contribution in [0.15, 0.2) is 91.0 Å². The maximum absolute atomic E-state index is 7.40. The van der Waals surface area contributed by atoms with Crippen molar-refractivity contribution in [3.05, 3.63) is 96.6 Å². The van der Waals surface area contributed by atoms with Crippen molar-refractivity contribution < 1.29 is 4.43 Å². The van der Waals surface area contributed by atoms with Crippen LogP contribution in [0.5, 0.6) is 0 Å². The highest BCUT2D eigenvalue weighted by Gasteiger charge is 2.52. The second-order valence-electron chi connectivity index (χ2n) is 8.16. The summed E-state index contributed by atoms with van der Waals surface area (Å²) in [6.07, 6.45) is 1.15. The highest BCUT2D eigenvalue weighted by atomic mass is 127. The van der Waals surface area contributed by atoms with Crippen LogP contribution in [-0.2, 0) is 4.43 Å². The predicted octanol–water partition coefficient (Wildman–Crippen LogP) is 5.75. The molecule has 0 N–H and O–H groups in total. The Labute approximate surface area is 185 Å². The van der Waals surface area contributed by atoms with Gasteiger partial charge in [0.05, 0.1) is 13.7 Å². The topological polar surface area (TPSA) is 9.23 Å². The maximum atomic E-state index is 7.40. The van der Waals surface area contributed by atoms with Gasteiger partial charge < -0.3 is 4.43 Å². The molecule has 0 heterocycles. The van der Waals surface area contributed by atoms with E-state index in [2.05, 4.69) is 133 Å². The minimum absolute atomic E-state index is 0.122. The first-order chi connectivity index (χ1) is 13.5. The normalized spacial score (nSPS) is 13.3. The van der Waals surface area contributed by atoms with E-state index in [0.717, 1.165) is 10.8 Å². The van der Waals surface area contributed by atoms with Gasteiger partial charge in [0.25, 0.3) is 0 Å². The zero-order valence-corrected chi connectivity index (χ0v) is 21.1. The molecule has 28 heavy (non-hydrogen) atoms. The van der Waals surface area contributed by atoms with Gasteiger partial charge in [-0.3, -0.25) is 0 Å². The Morgan fingerprint density at radius 2 is 1.14 bits per heavy atom. The van der Waals surface area contributed by atoms with Crippen LogP contribution in [0.1, 0.15) is 18.1 Å². The van der Waals surface area contributed by atoms with E-state index in [0.29, 0.717) is 0 Å². The maximum Gasteiger partial charge on any atom is 0.240 e. The number of rotatable bonds is 8. The van der Waals surface area contributed by atoms with Crippen LogP contribution in [-0.4, -0.2) is 19.9 Å². The van der Waals surface area contributed by atoms with Gasteiger partial charge in [-0.15, -0.1) is 0 Å². The lowest BCUT2D eigenvalue weighted by molar-refractivity contribution is 0.206. The summed E-state index contributed by atoms with van der Waals surface area (Å²) in [4.78, 5) is 0. The molecule has 1 atom stereocenters. The Kier molecular flexibility index (Phi) is 7.31. The monoisotopic (exact) mass is 516 g/mol. The van der Waals surface area contributed by atoms with Crippen molar-refractivity contribution in [3.63, 3.8) is 0 Å². The van der Waals surface area contributed by atoms with Gasteiger partial charge in [0.15, 0.2) is 0 Å². The molecule has 0 aliphatic rings. The van der Waals surface area contributed by atoms with Gasteiger partial charge in [0.2, 0.25) is 7.83 Å². The lowest BCUT2D eigenvalue weighted by atomic mass is 10.1. The Balaban J connectivity index is 2.20. The average molecular weight is 517 g/mol. The molecule has 3 rings (SSSR count). The molecule has 0 fully saturated rings. The summed E-state index contributed by atoms with van der Waals surface area (Å²) in [7, 11) is -4.13. The van der Waals surface area contributed by atoms with E-state index in [-0.39, 0.29) is 6.10 Å². The Morgan fingerprint density at radius 3 is 1.54 bits per heavy atom. The van der Waals surface area contributed by atoms with Gasteiger partial charge in [0, 0.05) is 4.43 Å². The first kappa shape index (κ1) is 21.5. The second kappa shape index (κ2) is 9.52. The van der Waals surface area contributed by atoms with Crippen molar-refractivity contribution in [1.29, 1.82) is 0 Å². The molecule has 0 aromatic heterocycles. The zero-order valence-electron chi connectivity index (χ0n) is 16.9. The molecule has 1 unspecified atom stereocenters. The van der Waals surface area contributed by atoms with Gasteiger partial charge in [-0.2, -0.15) is 0 Å². The molecule has 146 valence electrons. The summed E-state index contributed by atoms with van der Waals surface area (Å²) in [5, 5.41) is 2.80. The lowest BCUT2D eigenvalue weighted by Crippen LogP contribution is -2.75. The van der Waals surface area contributed by atoms with Crippen LogP contribution in [0.4, 0.5) is 0 Å². The summed E-state index contributed by atoms with van der Waals surface area (Å²) < 4.78 is 8.48. The summed E-state index contributed by atoms with van der Waals surface area (Å²) in [5.74, 6) is 0. The SMILES string of the molecule is C[Si](C)(C)[Si](OC(CCI)c1ccccc1)(c1ccccc1)c1ccccc1. The third kappa shape index (κ3) is 4.51. The van der Waals surface area contributed by atoms with Crippen molar-refractivity contribution >= 4 is 48.4 Å². The molecule has 4 heteroatoms. The number of hydrogen-bond acceptors (Lipinski definition) is 1. The smallest absolute Gasteiger partial charge is 0.240 e. The van der Waals surface area contributed by atoms with E-state index in [1.54, 1.807) is 0 Å². The molecule has 3 aromatic rings. The van der Waals surface area contributed by atoms with Crippen LogP contribution in [0.25, 0.3) is 0 Å². The Hall–Kier alpha value is -1.22. The fourth-order valence-corrected chi connectivity index (χ4v) is 16.9. The van der Waals surface area contributed by atoms with Crippen molar-refractivity contribution in [2.24, 2.45) is 0 Å². The largest absolute Gasteiger partial charge is 0.404 e. The predicted molar refractivity (Wildman–Crippen MR) is 135 cm³/mol. The van der Waals surface area contributed by atoms with Crippen molar-refractivity contribution in [3.8, 4) is 0 Å². The van der Waals surface area contributed by atoms with Crippen LogP contribution >= 0.6 is 22.6 Å². The average Bonchev–Trinajstić information content (AvgIpc) is 2.72. The quantitative estimate of drug-likeness (QED) is 0.211. The van der Waals surface area contributed by atoms with Gasteiger partial charge in [0.1, 0.15) is 0 Å². The minimum atomic E-state index is -2.40. The molecule has 0 saturated carbocycles. The standard InChI is InChI=1S/C24H29IOSi2/c1-27(2,3)28(22-15-9-5-10-16-22,23-17-11-6-12-18-23)26-24(19-20-25)21-13-7-4-8-14-21/h4-18,24H,19-20H2,1-3H3. The number of halogens is 1. The molecule has 3 aromatic carbocycles.